The van der Waals surface area contributed by atoms with Crippen molar-refractivity contribution in [3.63, 3.8) is 0 Å². The van der Waals surface area contributed by atoms with Gasteiger partial charge in [0.15, 0.2) is 0 Å². The van der Waals surface area contributed by atoms with Gasteiger partial charge in [-0.3, -0.25) is 0 Å². The topological polar surface area (TPSA) is 20.2 Å². The molecular weight excluding hydrogens is 196 g/mol. The van der Waals surface area contributed by atoms with Crippen LogP contribution in [0.25, 0.3) is 0 Å². The van der Waals surface area contributed by atoms with E-state index in [9.17, 15) is 5.11 Å². The Hall–Kier alpha value is -0.820. The Labute approximate surface area is 98.5 Å². The minimum absolute atomic E-state index is 0.564. The van der Waals surface area contributed by atoms with E-state index in [1.807, 2.05) is 18.2 Å². The zero-order valence-electron chi connectivity index (χ0n) is 10.2. The van der Waals surface area contributed by atoms with Gasteiger partial charge >= 0.3 is 0 Å². The van der Waals surface area contributed by atoms with Gasteiger partial charge in [-0.15, -0.1) is 0 Å². The second kappa shape index (κ2) is 5.01. The summed E-state index contributed by atoms with van der Waals surface area (Å²) in [5.74, 6) is 0.817. The lowest BCUT2D eigenvalue weighted by atomic mass is 9.86. The molecule has 0 aromatic heterocycles. The zero-order valence-corrected chi connectivity index (χ0v) is 10.2. The van der Waals surface area contributed by atoms with E-state index in [0.29, 0.717) is 0 Å². The van der Waals surface area contributed by atoms with Crippen LogP contribution in [0.3, 0.4) is 0 Å². The standard InChI is InChI=1S/C15H22O/c1-2-13-7-6-11-15(16,12-10-13)14-8-4-3-5-9-14/h3-5,8-9,13,16H,2,6-7,10-12H2,1H3. The molecule has 0 heterocycles. The predicted octanol–water partition coefficient (Wildman–Crippen LogP) is 3.86. The molecule has 1 heteroatoms. The lowest BCUT2D eigenvalue weighted by Crippen LogP contribution is -2.24. The molecule has 0 saturated heterocycles. The van der Waals surface area contributed by atoms with Crippen LogP contribution in [0.2, 0.25) is 0 Å². The average molecular weight is 218 g/mol. The number of hydrogen-bond donors (Lipinski definition) is 1. The minimum Gasteiger partial charge on any atom is -0.385 e. The van der Waals surface area contributed by atoms with Gasteiger partial charge in [-0.05, 0) is 37.2 Å². The third-order valence-electron chi connectivity index (χ3n) is 4.06. The normalized spacial score (nSPS) is 31.0. The quantitative estimate of drug-likeness (QED) is 0.747. The molecule has 1 saturated carbocycles. The lowest BCUT2D eigenvalue weighted by Gasteiger charge is -2.27. The van der Waals surface area contributed by atoms with Crippen molar-refractivity contribution in [3.05, 3.63) is 35.9 Å². The van der Waals surface area contributed by atoms with Crippen molar-refractivity contribution < 1.29 is 5.11 Å². The van der Waals surface area contributed by atoms with Crippen molar-refractivity contribution in [3.8, 4) is 0 Å². The van der Waals surface area contributed by atoms with Crippen molar-refractivity contribution in [1.29, 1.82) is 0 Å². The molecule has 1 aliphatic rings. The summed E-state index contributed by atoms with van der Waals surface area (Å²) in [6.45, 7) is 2.26. The van der Waals surface area contributed by atoms with Gasteiger partial charge < -0.3 is 5.11 Å². The summed E-state index contributed by atoms with van der Waals surface area (Å²) in [5.41, 5.74) is 0.539. The molecule has 1 nitrogen and oxygen atoms in total. The molecule has 2 unspecified atom stereocenters. The highest BCUT2D eigenvalue weighted by atomic mass is 16.3. The Balaban J connectivity index is 2.13. The van der Waals surface area contributed by atoms with Crippen molar-refractivity contribution in [2.24, 2.45) is 5.92 Å². The highest BCUT2D eigenvalue weighted by Gasteiger charge is 2.31. The van der Waals surface area contributed by atoms with Gasteiger partial charge in [0, 0.05) is 0 Å². The smallest absolute Gasteiger partial charge is 0.0896 e. The fourth-order valence-corrected chi connectivity index (χ4v) is 2.84. The van der Waals surface area contributed by atoms with Crippen molar-refractivity contribution in [2.75, 3.05) is 0 Å². The summed E-state index contributed by atoms with van der Waals surface area (Å²) >= 11 is 0. The summed E-state index contributed by atoms with van der Waals surface area (Å²) in [6, 6.07) is 10.2. The van der Waals surface area contributed by atoms with Crippen molar-refractivity contribution >= 4 is 0 Å². The molecular formula is C15H22O. The van der Waals surface area contributed by atoms with Gasteiger partial charge in [0.1, 0.15) is 0 Å². The van der Waals surface area contributed by atoms with Crippen molar-refractivity contribution in [2.45, 2.75) is 51.0 Å². The van der Waals surface area contributed by atoms with Crippen molar-refractivity contribution in [1.82, 2.24) is 0 Å². The number of rotatable bonds is 2. The van der Waals surface area contributed by atoms with Gasteiger partial charge in [0.2, 0.25) is 0 Å². The van der Waals surface area contributed by atoms with Crippen LogP contribution in [-0.4, -0.2) is 5.11 Å². The van der Waals surface area contributed by atoms with Crippen LogP contribution in [0.15, 0.2) is 30.3 Å². The van der Waals surface area contributed by atoms with Crippen LogP contribution in [0.4, 0.5) is 0 Å². The van der Waals surface area contributed by atoms with E-state index in [-0.39, 0.29) is 0 Å². The van der Waals surface area contributed by atoms with Crippen LogP contribution >= 0.6 is 0 Å². The first kappa shape index (κ1) is 11.7. The van der Waals surface area contributed by atoms with E-state index < -0.39 is 5.60 Å². The first-order valence-electron chi connectivity index (χ1n) is 6.52. The molecule has 0 amide bonds. The Morgan fingerprint density at radius 2 is 1.94 bits per heavy atom. The van der Waals surface area contributed by atoms with Gasteiger partial charge in [-0.25, -0.2) is 0 Å². The lowest BCUT2D eigenvalue weighted by molar-refractivity contribution is 0.0196. The summed E-state index contributed by atoms with van der Waals surface area (Å²) < 4.78 is 0. The predicted molar refractivity (Wildman–Crippen MR) is 67.2 cm³/mol. The third kappa shape index (κ3) is 2.46. The van der Waals surface area contributed by atoms with E-state index in [1.165, 1.54) is 19.3 Å². The Bertz CT molecular complexity index is 319. The number of aliphatic hydroxyl groups is 1. The van der Waals surface area contributed by atoms with Crippen LogP contribution in [0, 0.1) is 5.92 Å². The maximum absolute atomic E-state index is 10.7. The summed E-state index contributed by atoms with van der Waals surface area (Å²) in [5, 5.41) is 10.7. The van der Waals surface area contributed by atoms with E-state index in [4.69, 9.17) is 0 Å². The molecule has 0 radical (unpaired) electrons. The largest absolute Gasteiger partial charge is 0.385 e. The molecule has 1 fully saturated rings. The Kier molecular flexibility index (Phi) is 3.65. The second-order valence-electron chi connectivity index (χ2n) is 5.10. The van der Waals surface area contributed by atoms with E-state index >= 15 is 0 Å². The summed E-state index contributed by atoms with van der Waals surface area (Å²) in [6.07, 6.45) is 6.71. The average Bonchev–Trinajstić information content (AvgIpc) is 2.53. The highest BCUT2D eigenvalue weighted by Crippen LogP contribution is 2.38. The van der Waals surface area contributed by atoms with Crippen LogP contribution in [-0.2, 0) is 5.60 Å². The maximum atomic E-state index is 10.7. The van der Waals surface area contributed by atoms with E-state index in [2.05, 4.69) is 19.1 Å². The molecule has 0 aliphatic heterocycles. The molecule has 1 aromatic carbocycles. The monoisotopic (exact) mass is 218 g/mol. The van der Waals surface area contributed by atoms with Gasteiger partial charge in [0.05, 0.1) is 5.60 Å². The fourth-order valence-electron chi connectivity index (χ4n) is 2.84. The zero-order chi connectivity index (χ0) is 11.4. The molecule has 2 atom stereocenters. The summed E-state index contributed by atoms with van der Waals surface area (Å²) in [4.78, 5) is 0. The van der Waals surface area contributed by atoms with Gasteiger partial charge in [0.25, 0.3) is 0 Å². The number of hydrogen-bond acceptors (Lipinski definition) is 1. The molecule has 1 aliphatic carbocycles. The second-order valence-corrected chi connectivity index (χ2v) is 5.10. The Morgan fingerprint density at radius 1 is 1.19 bits per heavy atom. The molecule has 16 heavy (non-hydrogen) atoms. The molecule has 1 aromatic rings. The molecule has 0 spiro atoms. The Morgan fingerprint density at radius 3 is 2.62 bits per heavy atom. The maximum Gasteiger partial charge on any atom is 0.0896 e. The number of benzene rings is 1. The van der Waals surface area contributed by atoms with Gasteiger partial charge in [-0.1, -0.05) is 50.1 Å². The van der Waals surface area contributed by atoms with Gasteiger partial charge in [-0.2, -0.15) is 0 Å². The third-order valence-corrected chi connectivity index (χ3v) is 4.06. The SMILES string of the molecule is CCC1CCCC(O)(c2ccccc2)CC1. The fraction of sp³-hybridized carbons (Fsp3) is 0.600. The summed E-state index contributed by atoms with van der Waals surface area (Å²) in [7, 11) is 0. The molecule has 88 valence electrons. The van der Waals surface area contributed by atoms with Crippen LogP contribution < -0.4 is 0 Å². The minimum atomic E-state index is -0.564. The van der Waals surface area contributed by atoms with Crippen LogP contribution in [0.1, 0.15) is 51.0 Å². The van der Waals surface area contributed by atoms with E-state index in [1.54, 1.807) is 0 Å². The van der Waals surface area contributed by atoms with Crippen LogP contribution in [0.5, 0.6) is 0 Å². The first-order chi connectivity index (χ1) is 7.74. The van der Waals surface area contributed by atoms with E-state index in [0.717, 1.165) is 30.7 Å². The molecule has 2 rings (SSSR count). The first-order valence-corrected chi connectivity index (χ1v) is 6.52. The molecule has 1 N–H and O–H groups in total. The highest BCUT2D eigenvalue weighted by molar-refractivity contribution is 5.22. The molecule has 0 bridgehead atoms.